The van der Waals surface area contributed by atoms with E-state index in [-0.39, 0.29) is 24.8 Å². The van der Waals surface area contributed by atoms with E-state index in [9.17, 15) is 9.59 Å². The van der Waals surface area contributed by atoms with Crippen molar-refractivity contribution in [2.45, 2.75) is 20.3 Å². The van der Waals surface area contributed by atoms with Crippen LogP contribution in [0.4, 0.5) is 5.69 Å². The van der Waals surface area contributed by atoms with Crippen molar-refractivity contribution in [1.29, 1.82) is 0 Å². The Morgan fingerprint density at radius 2 is 1.57 bits per heavy atom. The standard InChI is InChI=1S/C18H19BrN2O2/c1-12-7-13(2)9-16(8-12)21-18(23)11-20-17(22)10-14-3-5-15(19)6-4-14/h3-9H,10-11H2,1-2H3,(H,20,22)(H,21,23). The molecule has 0 fully saturated rings. The van der Waals surface area contributed by atoms with Crippen LogP contribution in [-0.4, -0.2) is 18.4 Å². The van der Waals surface area contributed by atoms with Crippen molar-refractivity contribution in [3.05, 3.63) is 63.6 Å². The number of rotatable bonds is 5. The maximum absolute atomic E-state index is 11.9. The van der Waals surface area contributed by atoms with E-state index in [2.05, 4.69) is 26.6 Å². The monoisotopic (exact) mass is 374 g/mol. The van der Waals surface area contributed by atoms with E-state index in [1.54, 1.807) is 0 Å². The number of amides is 2. The van der Waals surface area contributed by atoms with Crippen LogP contribution in [-0.2, 0) is 16.0 Å². The second-order valence-electron chi connectivity index (χ2n) is 5.50. The first kappa shape index (κ1) is 17.2. The van der Waals surface area contributed by atoms with E-state index in [0.29, 0.717) is 0 Å². The molecule has 4 nitrogen and oxygen atoms in total. The Kier molecular flexibility index (Phi) is 5.93. The summed E-state index contributed by atoms with van der Waals surface area (Å²) in [4.78, 5) is 23.8. The summed E-state index contributed by atoms with van der Waals surface area (Å²) in [6, 6.07) is 13.3. The molecule has 2 aromatic rings. The molecular weight excluding hydrogens is 356 g/mol. The summed E-state index contributed by atoms with van der Waals surface area (Å²) < 4.78 is 0.967. The average molecular weight is 375 g/mol. The molecular formula is C18H19BrN2O2. The number of carbonyl (C=O) groups is 2. The van der Waals surface area contributed by atoms with Crippen molar-refractivity contribution in [2.75, 3.05) is 11.9 Å². The second-order valence-corrected chi connectivity index (χ2v) is 6.42. The molecule has 2 N–H and O–H groups in total. The molecule has 0 atom stereocenters. The largest absolute Gasteiger partial charge is 0.347 e. The van der Waals surface area contributed by atoms with Crippen molar-refractivity contribution in [2.24, 2.45) is 0 Å². The van der Waals surface area contributed by atoms with Crippen molar-refractivity contribution < 1.29 is 9.59 Å². The Bertz CT molecular complexity index is 691. The molecule has 2 aromatic carbocycles. The van der Waals surface area contributed by atoms with E-state index in [4.69, 9.17) is 0 Å². The van der Waals surface area contributed by atoms with Gasteiger partial charge in [0.05, 0.1) is 13.0 Å². The molecule has 0 saturated heterocycles. The summed E-state index contributed by atoms with van der Waals surface area (Å²) in [5.74, 6) is -0.415. The van der Waals surface area contributed by atoms with Gasteiger partial charge >= 0.3 is 0 Å². The van der Waals surface area contributed by atoms with Gasteiger partial charge in [0.25, 0.3) is 0 Å². The van der Waals surface area contributed by atoms with Crippen LogP contribution in [0, 0.1) is 13.8 Å². The van der Waals surface area contributed by atoms with Crippen LogP contribution >= 0.6 is 15.9 Å². The van der Waals surface area contributed by atoms with Gasteiger partial charge in [-0.1, -0.05) is 34.1 Å². The van der Waals surface area contributed by atoms with E-state index < -0.39 is 0 Å². The number of benzene rings is 2. The number of carbonyl (C=O) groups excluding carboxylic acids is 2. The lowest BCUT2D eigenvalue weighted by Crippen LogP contribution is -2.33. The Morgan fingerprint density at radius 3 is 2.17 bits per heavy atom. The quantitative estimate of drug-likeness (QED) is 0.842. The lowest BCUT2D eigenvalue weighted by atomic mass is 10.1. The number of nitrogens with one attached hydrogen (secondary N) is 2. The highest BCUT2D eigenvalue weighted by atomic mass is 79.9. The highest BCUT2D eigenvalue weighted by Gasteiger charge is 2.07. The highest BCUT2D eigenvalue weighted by Crippen LogP contribution is 2.13. The fourth-order valence-corrected chi connectivity index (χ4v) is 2.55. The summed E-state index contributed by atoms with van der Waals surface area (Å²) in [6.45, 7) is 3.91. The lowest BCUT2D eigenvalue weighted by Gasteiger charge is -2.09. The SMILES string of the molecule is Cc1cc(C)cc(NC(=O)CNC(=O)Cc2ccc(Br)cc2)c1. The van der Waals surface area contributed by atoms with Gasteiger partial charge in [0.15, 0.2) is 0 Å². The third-order valence-corrected chi connectivity index (χ3v) is 3.76. The Labute approximate surface area is 144 Å². The van der Waals surface area contributed by atoms with E-state index in [1.165, 1.54) is 0 Å². The fourth-order valence-electron chi connectivity index (χ4n) is 2.28. The molecule has 2 rings (SSSR count). The van der Waals surface area contributed by atoms with Gasteiger partial charge in [0.1, 0.15) is 0 Å². The molecule has 0 heterocycles. The molecule has 0 saturated carbocycles. The number of anilines is 1. The molecule has 0 aliphatic carbocycles. The predicted molar refractivity (Wildman–Crippen MR) is 95.4 cm³/mol. The molecule has 120 valence electrons. The summed E-state index contributed by atoms with van der Waals surface area (Å²) in [7, 11) is 0. The third-order valence-electron chi connectivity index (χ3n) is 3.23. The minimum atomic E-state index is -0.237. The maximum atomic E-state index is 11.9. The van der Waals surface area contributed by atoms with Crippen LogP contribution in [0.3, 0.4) is 0 Å². The van der Waals surface area contributed by atoms with Crippen molar-refractivity contribution in [1.82, 2.24) is 5.32 Å². The zero-order valence-electron chi connectivity index (χ0n) is 13.2. The minimum Gasteiger partial charge on any atom is -0.347 e. The van der Waals surface area contributed by atoms with Gasteiger partial charge in [-0.25, -0.2) is 0 Å². The Hall–Kier alpha value is -2.14. The number of hydrogen-bond donors (Lipinski definition) is 2. The number of hydrogen-bond acceptors (Lipinski definition) is 2. The third kappa shape index (κ3) is 5.87. The molecule has 0 bridgehead atoms. The van der Waals surface area contributed by atoms with Crippen LogP contribution in [0.2, 0.25) is 0 Å². The molecule has 0 aliphatic rings. The molecule has 0 aromatic heterocycles. The lowest BCUT2D eigenvalue weighted by molar-refractivity contribution is -0.123. The van der Waals surface area contributed by atoms with Crippen LogP contribution in [0.15, 0.2) is 46.9 Å². The predicted octanol–water partition coefficient (Wildman–Crippen LogP) is 3.36. The summed E-state index contributed by atoms with van der Waals surface area (Å²) in [5.41, 5.74) is 3.81. The van der Waals surface area contributed by atoms with Crippen LogP contribution in [0.25, 0.3) is 0 Å². The second kappa shape index (κ2) is 7.92. The molecule has 0 aliphatic heterocycles. The average Bonchev–Trinajstić information content (AvgIpc) is 2.46. The summed E-state index contributed by atoms with van der Waals surface area (Å²) in [6.07, 6.45) is 0.254. The summed E-state index contributed by atoms with van der Waals surface area (Å²) in [5, 5.41) is 5.42. The minimum absolute atomic E-state index is 0.0393. The first-order chi connectivity index (χ1) is 10.9. The zero-order chi connectivity index (χ0) is 16.8. The van der Waals surface area contributed by atoms with E-state index in [1.807, 2.05) is 56.3 Å². The zero-order valence-corrected chi connectivity index (χ0v) is 14.7. The molecule has 23 heavy (non-hydrogen) atoms. The highest BCUT2D eigenvalue weighted by molar-refractivity contribution is 9.10. The van der Waals surface area contributed by atoms with Crippen LogP contribution < -0.4 is 10.6 Å². The van der Waals surface area contributed by atoms with Gasteiger partial charge < -0.3 is 10.6 Å². The Balaban J connectivity index is 1.81. The van der Waals surface area contributed by atoms with Gasteiger partial charge in [-0.3, -0.25) is 9.59 Å². The number of aryl methyl sites for hydroxylation is 2. The van der Waals surface area contributed by atoms with E-state index >= 15 is 0 Å². The van der Waals surface area contributed by atoms with Crippen LogP contribution in [0.1, 0.15) is 16.7 Å². The molecule has 0 spiro atoms. The summed E-state index contributed by atoms with van der Waals surface area (Å²) >= 11 is 3.35. The fraction of sp³-hybridized carbons (Fsp3) is 0.222. The molecule has 0 radical (unpaired) electrons. The molecule has 5 heteroatoms. The normalized spacial score (nSPS) is 10.2. The first-order valence-electron chi connectivity index (χ1n) is 7.31. The topological polar surface area (TPSA) is 58.2 Å². The van der Waals surface area contributed by atoms with Gasteiger partial charge in [0, 0.05) is 10.2 Å². The smallest absolute Gasteiger partial charge is 0.243 e. The number of halogens is 1. The van der Waals surface area contributed by atoms with Gasteiger partial charge in [-0.2, -0.15) is 0 Å². The van der Waals surface area contributed by atoms with Gasteiger partial charge in [-0.05, 0) is 54.8 Å². The van der Waals surface area contributed by atoms with Crippen LogP contribution in [0.5, 0.6) is 0 Å². The first-order valence-corrected chi connectivity index (χ1v) is 8.11. The van der Waals surface area contributed by atoms with Crippen molar-refractivity contribution in [3.63, 3.8) is 0 Å². The maximum Gasteiger partial charge on any atom is 0.243 e. The molecule has 0 unspecified atom stereocenters. The van der Waals surface area contributed by atoms with Gasteiger partial charge in [-0.15, -0.1) is 0 Å². The van der Waals surface area contributed by atoms with Crippen molar-refractivity contribution >= 4 is 33.4 Å². The Morgan fingerprint density at radius 1 is 0.957 bits per heavy atom. The van der Waals surface area contributed by atoms with E-state index in [0.717, 1.165) is 26.9 Å². The van der Waals surface area contributed by atoms with Crippen molar-refractivity contribution in [3.8, 4) is 0 Å². The molecule has 2 amide bonds. The van der Waals surface area contributed by atoms with Gasteiger partial charge in [0.2, 0.25) is 11.8 Å².